The van der Waals surface area contributed by atoms with Crippen LogP contribution >= 0.6 is 11.6 Å². The fourth-order valence-corrected chi connectivity index (χ4v) is 1.54. The molecule has 0 spiro atoms. The predicted molar refractivity (Wildman–Crippen MR) is 59.2 cm³/mol. The quantitative estimate of drug-likeness (QED) is 0.640. The highest BCUT2D eigenvalue weighted by Crippen LogP contribution is 2.32. The van der Waals surface area contributed by atoms with Crippen molar-refractivity contribution in [2.75, 3.05) is 0 Å². The summed E-state index contributed by atoms with van der Waals surface area (Å²) < 4.78 is 4.89. The summed E-state index contributed by atoms with van der Waals surface area (Å²) in [5.41, 5.74) is 1.14. The monoisotopic (exact) mass is 242 g/mol. The van der Waals surface area contributed by atoms with Gasteiger partial charge in [-0.15, -0.1) is 0 Å². The molecule has 0 atom stereocenters. The Labute approximate surface area is 97.8 Å². The molecule has 0 unspecified atom stereocenters. The van der Waals surface area contributed by atoms with Crippen LogP contribution in [0.3, 0.4) is 0 Å². The maximum absolute atomic E-state index is 11.0. The third-order valence-corrected chi connectivity index (χ3v) is 2.65. The van der Waals surface area contributed by atoms with Gasteiger partial charge < -0.3 is 9.84 Å². The van der Waals surface area contributed by atoms with Crippen LogP contribution in [0, 0.1) is 13.8 Å². The molecule has 1 aromatic rings. The van der Waals surface area contributed by atoms with E-state index in [1.165, 1.54) is 13.0 Å². The second kappa shape index (κ2) is 4.53. The van der Waals surface area contributed by atoms with E-state index >= 15 is 0 Å². The molecule has 0 heterocycles. The first-order valence-electron chi connectivity index (χ1n) is 4.56. The largest absolute Gasteiger partial charge is 0.478 e. The molecule has 1 N–H and O–H groups in total. The normalized spacial score (nSPS) is 10.0. The number of rotatable bonds is 2. The lowest BCUT2D eigenvalue weighted by atomic mass is 10.0. The van der Waals surface area contributed by atoms with E-state index in [9.17, 15) is 9.59 Å². The van der Waals surface area contributed by atoms with Crippen LogP contribution in [0.2, 0.25) is 5.02 Å². The summed E-state index contributed by atoms with van der Waals surface area (Å²) in [6.45, 7) is 4.61. The minimum atomic E-state index is -1.18. The molecule has 4 nitrogen and oxygen atoms in total. The molecule has 0 aromatic heterocycles. The van der Waals surface area contributed by atoms with E-state index < -0.39 is 11.9 Å². The van der Waals surface area contributed by atoms with Gasteiger partial charge in [0.1, 0.15) is 11.3 Å². The molecule has 86 valence electrons. The first-order valence-corrected chi connectivity index (χ1v) is 4.93. The van der Waals surface area contributed by atoms with Gasteiger partial charge in [0.25, 0.3) is 0 Å². The van der Waals surface area contributed by atoms with Gasteiger partial charge in [0.05, 0.1) is 0 Å². The Morgan fingerprint density at radius 1 is 1.31 bits per heavy atom. The molecular weight excluding hydrogens is 232 g/mol. The summed E-state index contributed by atoms with van der Waals surface area (Å²) in [6, 6.07) is 1.28. The van der Waals surface area contributed by atoms with Crippen molar-refractivity contribution in [1.29, 1.82) is 0 Å². The molecule has 0 aliphatic carbocycles. The van der Waals surface area contributed by atoms with Crippen molar-refractivity contribution in [3.63, 3.8) is 0 Å². The van der Waals surface area contributed by atoms with Crippen molar-refractivity contribution in [3.05, 3.63) is 27.8 Å². The summed E-state index contributed by atoms with van der Waals surface area (Å²) >= 11 is 5.87. The van der Waals surface area contributed by atoms with Crippen molar-refractivity contribution in [1.82, 2.24) is 0 Å². The summed E-state index contributed by atoms with van der Waals surface area (Å²) in [7, 11) is 0. The number of carbonyl (C=O) groups excluding carboxylic acids is 1. The van der Waals surface area contributed by atoms with E-state index in [4.69, 9.17) is 21.4 Å². The topological polar surface area (TPSA) is 63.6 Å². The number of benzene rings is 1. The highest BCUT2D eigenvalue weighted by Gasteiger charge is 2.19. The number of esters is 1. The smallest absolute Gasteiger partial charge is 0.339 e. The van der Waals surface area contributed by atoms with E-state index in [2.05, 4.69) is 0 Å². The fraction of sp³-hybridized carbons (Fsp3) is 0.273. The van der Waals surface area contributed by atoms with Gasteiger partial charge in [0.2, 0.25) is 0 Å². The van der Waals surface area contributed by atoms with Crippen LogP contribution < -0.4 is 4.74 Å². The number of ether oxygens (including phenoxy) is 1. The molecule has 0 aliphatic heterocycles. The van der Waals surface area contributed by atoms with Crippen LogP contribution in [0.4, 0.5) is 0 Å². The lowest BCUT2D eigenvalue weighted by Crippen LogP contribution is -2.09. The van der Waals surface area contributed by atoms with Crippen molar-refractivity contribution in [2.45, 2.75) is 20.8 Å². The number of carboxylic acids is 1. The molecule has 16 heavy (non-hydrogen) atoms. The number of hydrogen-bond acceptors (Lipinski definition) is 3. The van der Waals surface area contributed by atoms with Gasteiger partial charge in [-0.3, -0.25) is 4.79 Å². The maximum Gasteiger partial charge on any atom is 0.339 e. The van der Waals surface area contributed by atoms with Gasteiger partial charge in [-0.25, -0.2) is 4.79 Å². The van der Waals surface area contributed by atoms with Crippen molar-refractivity contribution >= 4 is 23.5 Å². The van der Waals surface area contributed by atoms with Crippen molar-refractivity contribution in [2.24, 2.45) is 0 Å². The van der Waals surface area contributed by atoms with Crippen LogP contribution in [0.15, 0.2) is 6.07 Å². The van der Waals surface area contributed by atoms with Crippen LogP contribution in [0.25, 0.3) is 0 Å². The molecule has 0 bridgehead atoms. The van der Waals surface area contributed by atoms with Crippen molar-refractivity contribution < 1.29 is 19.4 Å². The molecule has 5 heteroatoms. The van der Waals surface area contributed by atoms with Crippen LogP contribution in [-0.2, 0) is 4.79 Å². The van der Waals surface area contributed by atoms with E-state index in [1.807, 2.05) is 0 Å². The third kappa shape index (κ3) is 2.33. The average molecular weight is 243 g/mol. The maximum atomic E-state index is 11.0. The number of halogens is 1. The molecule has 0 saturated heterocycles. The zero-order valence-corrected chi connectivity index (χ0v) is 9.88. The average Bonchev–Trinajstić information content (AvgIpc) is 2.17. The number of hydrogen-bond donors (Lipinski definition) is 1. The Morgan fingerprint density at radius 2 is 1.88 bits per heavy atom. The Kier molecular flexibility index (Phi) is 3.55. The number of carbonyl (C=O) groups is 2. The Hall–Kier alpha value is -1.55. The molecule has 0 fully saturated rings. The third-order valence-electron chi connectivity index (χ3n) is 2.25. The van der Waals surface area contributed by atoms with E-state index in [-0.39, 0.29) is 11.3 Å². The lowest BCUT2D eigenvalue weighted by molar-refractivity contribution is -0.131. The summed E-state index contributed by atoms with van der Waals surface area (Å²) in [5, 5.41) is 9.31. The highest BCUT2D eigenvalue weighted by molar-refractivity contribution is 6.32. The van der Waals surface area contributed by atoms with Crippen LogP contribution in [-0.4, -0.2) is 17.0 Å². The Bertz CT molecular complexity index is 466. The first kappa shape index (κ1) is 12.5. The molecule has 0 amide bonds. The Morgan fingerprint density at radius 3 is 2.31 bits per heavy atom. The SMILES string of the molecule is CC(=O)Oc1c(C(=O)O)cc(Cl)c(C)c1C. The van der Waals surface area contributed by atoms with Gasteiger partial charge >= 0.3 is 11.9 Å². The fourth-order valence-electron chi connectivity index (χ4n) is 1.29. The Balaban J connectivity index is 3.47. The minimum absolute atomic E-state index is 0.0573. The summed E-state index contributed by atoms with van der Waals surface area (Å²) in [5.74, 6) is -1.68. The zero-order valence-electron chi connectivity index (χ0n) is 9.13. The van der Waals surface area contributed by atoms with Gasteiger partial charge in [-0.05, 0) is 31.0 Å². The molecule has 0 radical (unpaired) electrons. The second-order valence-electron chi connectivity index (χ2n) is 3.38. The van der Waals surface area contributed by atoms with E-state index in [1.54, 1.807) is 13.8 Å². The van der Waals surface area contributed by atoms with Crippen molar-refractivity contribution in [3.8, 4) is 5.75 Å². The molecule has 0 saturated carbocycles. The van der Waals surface area contributed by atoms with Crippen LogP contribution in [0.5, 0.6) is 5.75 Å². The van der Waals surface area contributed by atoms with Gasteiger partial charge in [0, 0.05) is 11.9 Å². The molecule has 1 aromatic carbocycles. The molecular formula is C11H11ClO4. The first-order chi connectivity index (χ1) is 7.34. The van der Waals surface area contributed by atoms with E-state index in [0.29, 0.717) is 16.1 Å². The standard InChI is InChI=1S/C11H11ClO4/c1-5-6(2)10(16-7(3)13)8(11(14)15)4-9(5)12/h4H,1-3H3,(H,14,15). The summed E-state index contributed by atoms with van der Waals surface area (Å²) in [6.07, 6.45) is 0. The summed E-state index contributed by atoms with van der Waals surface area (Å²) in [4.78, 5) is 21.9. The van der Waals surface area contributed by atoms with Gasteiger partial charge in [-0.2, -0.15) is 0 Å². The number of carboxylic acid groups (broad SMARTS) is 1. The zero-order chi connectivity index (χ0) is 12.5. The second-order valence-corrected chi connectivity index (χ2v) is 3.79. The number of aromatic carboxylic acids is 1. The van der Waals surface area contributed by atoms with E-state index in [0.717, 1.165) is 0 Å². The van der Waals surface area contributed by atoms with Gasteiger partial charge in [0.15, 0.2) is 0 Å². The minimum Gasteiger partial charge on any atom is -0.478 e. The predicted octanol–water partition coefficient (Wildman–Crippen LogP) is 2.58. The molecule has 1 rings (SSSR count). The molecule has 0 aliphatic rings. The highest BCUT2D eigenvalue weighted by atomic mass is 35.5. The van der Waals surface area contributed by atoms with Gasteiger partial charge in [-0.1, -0.05) is 11.6 Å². The lowest BCUT2D eigenvalue weighted by Gasteiger charge is -2.12. The van der Waals surface area contributed by atoms with Crippen LogP contribution in [0.1, 0.15) is 28.4 Å².